The van der Waals surface area contributed by atoms with Crippen molar-refractivity contribution in [3.63, 3.8) is 0 Å². The van der Waals surface area contributed by atoms with Crippen LogP contribution >= 0.6 is 0 Å². The van der Waals surface area contributed by atoms with E-state index in [1.165, 1.54) is 0 Å². The third kappa shape index (κ3) is 2.93. The molecule has 0 saturated carbocycles. The number of nitrogens with one attached hydrogen (secondary N) is 1. The molecule has 0 spiro atoms. The van der Waals surface area contributed by atoms with Crippen molar-refractivity contribution < 1.29 is 18.6 Å². The first kappa shape index (κ1) is 14.1. The molecule has 3 rings (SSSR count). The van der Waals surface area contributed by atoms with Gasteiger partial charge in [0.05, 0.1) is 6.54 Å². The lowest BCUT2D eigenvalue weighted by Crippen LogP contribution is -2.27. The van der Waals surface area contributed by atoms with E-state index in [9.17, 15) is 4.79 Å². The number of ether oxygens (including phenoxy) is 1. The first-order chi connectivity index (χ1) is 10.6. The molecule has 1 amide bonds. The number of amides is 1. The van der Waals surface area contributed by atoms with Crippen molar-refractivity contribution >= 4 is 16.9 Å². The number of fused-ring (bicyclic) bond motifs is 1. The van der Waals surface area contributed by atoms with Gasteiger partial charge in [0.1, 0.15) is 17.9 Å². The highest BCUT2D eigenvalue weighted by molar-refractivity contribution is 5.96. The number of hydrogen-bond acceptors (Lipinski definition) is 6. The number of rotatable bonds is 5. The Hall–Kier alpha value is -2.83. The van der Waals surface area contributed by atoms with Gasteiger partial charge in [-0.3, -0.25) is 4.79 Å². The van der Waals surface area contributed by atoms with Crippen LogP contribution in [0.5, 0.6) is 5.88 Å². The van der Waals surface area contributed by atoms with E-state index in [1.54, 1.807) is 13.0 Å². The second kappa shape index (κ2) is 5.88. The van der Waals surface area contributed by atoms with E-state index >= 15 is 0 Å². The van der Waals surface area contributed by atoms with Crippen LogP contribution in [-0.2, 0) is 0 Å². The van der Waals surface area contributed by atoms with Crippen LogP contribution in [0.15, 0.2) is 33.3 Å². The highest BCUT2D eigenvalue weighted by atomic mass is 16.6. The van der Waals surface area contributed by atoms with Crippen LogP contribution in [-0.4, -0.2) is 29.4 Å². The van der Waals surface area contributed by atoms with Crippen LogP contribution in [0.2, 0.25) is 0 Å². The van der Waals surface area contributed by atoms with Gasteiger partial charge in [-0.1, -0.05) is 16.8 Å². The lowest BCUT2D eigenvalue weighted by molar-refractivity contribution is 0.0920. The predicted molar refractivity (Wildman–Crippen MR) is 77.8 cm³/mol. The molecule has 0 fully saturated rings. The maximum Gasteiger partial charge on any atom is 0.287 e. The maximum atomic E-state index is 12.0. The Morgan fingerprint density at radius 1 is 1.27 bits per heavy atom. The average Bonchev–Trinajstić information content (AvgIpc) is 3.09. The Labute approximate surface area is 126 Å². The second-order valence-corrected chi connectivity index (χ2v) is 4.91. The first-order valence-corrected chi connectivity index (χ1v) is 6.84. The minimum atomic E-state index is -0.285. The van der Waals surface area contributed by atoms with Crippen LogP contribution in [0.1, 0.15) is 21.8 Å². The molecule has 114 valence electrons. The van der Waals surface area contributed by atoms with Crippen molar-refractivity contribution in [2.75, 3.05) is 13.2 Å². The van der Waals surface area contributed by atoms with Crippen molar-refractivity contribution in [3.8, 4) is 5.88 Å². The standard InChI is InChI=1S/C15H15N3O4/c1-9-3-4-12-11(7-9)8-13(21-12)14(19)16-5-6-20-15-10(2)17-22-18-15/h3-4,7-8H,5-6H2,1-2H3,(H,16,19). The van der Waals surface area contributed by atoms with Gasteiger partial charge in [-0.15, -0.1) is 0 Å². The van der Waals surface area contributed by atoms with Gasteiger partial charge in [-0.25, -0.2) is 4.63 Å². The number of carbonyl (C=O) groups excluding carboxylic acids is 1. The summed E-state index contributed by atoms with van der Waals surface area (Å²) in [6, 6.07) is 7.49. The summed E-state index contributed by atoms with van der Waals surface area (Å²) in [6.45, 7) is 4.30. The molecule has 1 aromatic carbocycles. The largest absolute Gasteiger partial charge is 0.472 e. The third-order valence-corrected chi connectivity index (χ3v) is 3.13. The van der Waals surface area contributed by atoms with Gasteiger partial charge in [0.15, 0.2) is 5.76 Å². The van der Waals surface area contributed by atoms with Crippen LogP contribution in [0.4, 0.5) is 0 Å². The normalized spacial score (nSPS) is 10.8. The Morgan fingerprint density at radius 3 is 2.91 bits per heavy atom. The Bertz CT molecular complexity index is 806. The topological polar surface area (TPSA) is 90.4 Å². The van der Waals surface area contributed by atoms with Crippen LogP contribution in [0.25, 0.3) is 11.0 Å². The molecule has 0 saturated heterocycles. The zero-order chi connectivity index (χ0) is 15.5. The zero-order valence-corrected chi connectivity index (χ0v) is 12.3. The van der Waals surface area contributed by atoms with Gasteiger partial charge in [0, 0.05) is 5.39 Å². The van der Waals surface area contributed by atoms with Crippen molar-refractivity contribution in [2.24, 2.45) is 0 Å². The number of hydrogen-bond donors (Lipinski definition) is 1. The van der Waals surface area contributed by atoms with Gasteiger partial charge >= 0.3 is 0 Å². The summed E-state index contributed by atoms with van der Waals surface area (Å²) in [4.78, 5) is 12.0. The summed E-state index contributed by atoms with van der Waals surface area (Å²) >= 11 is 0. The van der Waals surface area contributed by atoms with E-state index in [2.05, 4.69) is 20.3 Å². The van der Waals surface area contributed by atoms with Gasteiger partial charge in [-0.2, -0.15) is 0 Å². The summed E-state index contributed by atoms with van der Waals surface area (Å²) in [5.41, 5.74) is 2.38. The number of aromatic nitrogens is 2. The fourth-order valence-corrected chi connectivity index (χ4v) is 2.03. The van der Waals surface area contributed by atoms with Crippen LogP contribution in [0, 0.1) is 13.8 Å². The SMILES string of the molecule is Cc1ccc2oc(C(=O)NCCOc3nonc3C)cc2c1. The molecule has 1 N–H and O–H groups in total. The molecular weight excluding hydrogens is 286 g/mol. The summed E-state index contributed by atoms with van der Waals surface area (Å²) in [6.07, 6.45) is 0. The van der Waals surface area contributed by atoms with Crippen molar-refractivity contribution in [2.45, 2.75) is 13.8 Å². The molecule has 7 heteroatoms. The van der Waals surface area contributed by atoms with E-state index in [-0.39, 0.29) is 18.3 Å². The second-order valence-electron chi connectivity index (χ2n) is 4.91. The summed E-state index contributed by atoms with van der Waals surface area (Å²) in [7, 11) is 0. The van der Waals surface area contributed by atoms with E-state index in [0.717, 1.165) is 10.9 Å². The van der Waals surface area contributed by atoms with Gasteiger partial charge in [0.2, 0.25) is 0 Å². The fraction of sp³-hybridized carbons (Fsp3) is 0.267. The number of carbonyl (C=O) groups is 1. The van der Waals surface area contributed by atoms with E-state index in [4.69, 9.17) is 9.15 Å². The Balaban J connectivity index is 1.55. The minimum Gasteiger partial charge on any atom is -0.472 e. The molecule has 0 bridgehead atoms. The van der Waals surface area contributed by atoms with Crippen molar-refractivity contribution in [3.05, 3.63) is 41.3 Å². The average molecular weight is 301 g/mol. The predicted octanol–water partition coefficient (Wildman–Crippen LogP) is 2.24. The Kier molecular flexibility index (Phi) is 3.78. The quantitative estimate of drug-likeness (QED) is 0.727. The molecule has 2 aromatic heterocycles. The molecule has 0 radical (unpaired) electrons. The smallest absolute Gasteiger partial charge is 0.287 e. The molecule has 0 aliphatic carbocycles. The summed E-state index contributed by atoms with van der Waals surface area (Å²) in [5, 5.41) is 10.8. The number of benzene rings is 1. The molecule has 22 heavy (non-hydrogen) atoms. The lowest BCUT2D eigenvalue weighted by atomic mass is 10.2. The van der Waals surface area contributed by atoms with Crippen LogP contribution in [0.3, 0.4) is 0 Å². The minimum absolute atomic E-state index is 0.264. The molecule has 0 aliphatic heterocycles. The summed E-state index contributed by atoms with van der Waals surface area (Å²) < 4.78 is 15.4. The number of aryl methyl sites for hydroxylation is 2. The number of nitrogens with zero attached hydrogens (tertiary/aromatic N) is 2. The van der Waals surface area contributed by atoms with Gasteiger partial charge in [-0.05, 0) is 37.2 Å². The molecule has 0 unspecified atom stereocenters. The van der Waals surface area contributed by atoms with Crippen molar-refractivity contribution in [1.29, 1.82) is 0 Å². The van der Waals surface area contributed by atoms with Gasteiger partial charge in [0.25, 0.3) is 11.8 Å². The van der Waals surface area contributed by atoms with Crippen LogP contribution < -0.4 is 10.1 Å². The summed E-state index contributed by atoms with van der Waals surface area (Å²) in [5.74, 6) is 0.320. The third-order valence-electron chi connectivity index (χ3n) is 3.13. The number of furan rings is 1. The molecule has 2 heterocycles. The Morgan fingerprint density at radius 2 is 2.14 bits per heavy atom. The van der Waals surface area contributed by atoms with E-state index in [1.807, 2.05) is 25.1 Å². The van der Waals surface area contributed by atoms with Crippen molar-refractivity contribution in [1.82, 2.24) is 15.6 Å². The zero-order valence-electron chi connectivity index (χ0n) is 12.3. The molecular formula is C15H15N3O4. The van der Waals surface area contributed by atoms with E-state index < -0.39 is 0 Å². The monoisotopic (exact) mass is 301 g/mol. The molecule has 0 aliphatic rings. The first-order valence-electron chi connectivity index (χ1n) is 6.84. The highest BCUT2D eigenvalue weighted by Gasteiger charge is 2.12. The maximum absolute atomic E-state index is 12.0. The fourth-order valence-electron chi connectivity index (χ4n) is 2.03. The van der Waals surface area contributed by atoms with E-state index in [0.29, 0.717) is 23.7 Å². The molecule has 0 atom stereocenters. The highest BCUT2D eigenvalue weighted by Crippen LogP contribution is 2.20. The lowest BCUT2D eigenvalue weighted by Gasteiger charge is -2.03. The van der Waals surface area contributed by atoms with Gasteiger partial charge < -0.3 is 14.5 Å². The molecule has 3 aromatic rings. The molecule has 7 nitrogen and oxygen atoms in total.